The molecule has 3 rings (SSSR count). The molecular formula is C20H21N3O7S. The highest BCUT2D eigenvalue weighted by Crippen LogP contribution is 2.34. The monoisotopic (exact) mass is 447 g/mol. The highest BCUT2D eigenvalue weighted by Gasteiger charge is 2.47. The van der Waals surface area contributed by atoms with Crippen LogP contribution in [0.5, 0.6) is 5.75 Å². The van der Waals surface area contributed by atoms with E-state index >= 15 is 0 Å². The maximum absolute atomic E-state index is 11.7. The zero-order valence-electron chi connectivity index (χ0n) is 17.1. The van der Waals surface area contributed by atoms with E-state index in [2.05, 4.69) is 15.0 Å². The fourth-order valence-corrected chi connectivity index (χ4v) is 4.21. The van der Waals surface area contributed by atoms with Crippen LogP contribution in [0.4, 0.5) is 0 Å². The molecule has 0 spiro atoms. The van der Waals surface area contributed by atoms with Gasteiger partial charge in [0, 0.05) is 50.7 Å². The van der Waals surface area contributed by atoms with E-state index < -0.39 is 41.7 Å². The maximum atomic E-state index is 11.7. The highest BCUT2D eigenvalue weighted by atomic mass is 32.2. The fraction of sp³-hybridized carbons (Fsp3) is 0.400. The number of pyridine rings is 1. The first-order chi connectivity index (χ1) is 14.8. The summed E-state index contributed by atoms with van der Waals surface area (Å²) >= 11 is 1.26. The van der Waals surface area contributed by atoms with Crippen molar-refractivity contribution in [3.05, 3.63) is 36.9 Å². The average Bonchev–Trinajstić information content (AvgIpc) is 2.72. The third-order valence-electron chi connectivity index (χ3n) is 4.09. The van der Waals surface area contributed by atoms with Crippen LogP contribution >= 0.6 is 11.8 Å². The summed E-state index contributed by atoms with van der Waals surface area (Å²) in [7, 11) is 0. The molecule has 0 bridgehead atoms. The van der Waals surface area contributed by atoms with Crippen molar-refractivity contribution in [2.75, 3.05) is 5.75 Å². The molecule has 11 heteroatoms. The molecule has 0 radical (unpaired) electrons. The Labute approximate surface area is 182 Å². The van der Waals surface area contributed by atoms with Gasteiger partial charge in [0.1, 0.15) is 5.75 Å². The Morgan fingerprint density at radius 2 is 1.58 bits per heavy atom. The van der Waals surface area contributed by atoms with Gasteiger partial charge in [0.2, 0.25) is 0 Å². The van der Waals surface area contributed by atoms with Crippen molar-refractivity contribution in [1.29, 1.82) is 0 Å². The molecule has 2 aromatic heterocycles. The van der Waals surface area contributed by atoms with Crippen molar-refractivity contribution in [2.24, 2.45) is 0 Å². The first kappa shape index (κ1) is 22.5. The highest BCUT2D eigenvalue weighted by molar-refractivity contribution is 7.99. The number of carbonyl (C=O) groups is 3. The minimum Gasteiger partial charge on any atom is -0.474 e. The lowest BCUT2D eigenvalue weighted by Gasteiger charge is -2.39. The van der Waals surface area contributed by atoms with Crippen LogP contribution in [0.1, 0.15) is 20.8 Å². The Hall–Kier alpha value is -3.21. The summed E-state index contributed by atoms with van der Waals surface area (Å²) in [5, 5.41) is 0. The number of ether oxygens (including phenoxy) is 4. The van der Waals surface area contributed by atoms with E-state index in [1.807, 2.05) is 0 Å². The average molecular weight is 447 g/mol. The van der Waals surface area contributed by atoms with Gasteiger partial charge in [-0.25, -0.2) is 9.97 Å². The quantitative estimate of drug-likeness (QED) is 0.475. The number of hydrogen-bond donors (Lipinski definition) is 0. The topological polar surface area (TPSA) is 127 Å². The largest absolute Gasteiger partial charge is 0.474 e. The Morgan fingerprint density at radius 1 is 0.935 bits per heavy atom. The first-order valence-corrected chi connectivity index (χ1v) is 10.4. The third-order valence-corrected chi connectivity index (χ3v) is 5.31. The Kier molecular flexibility index (Phi) is 7.40. The molecule has 1 aliphatic rings. The normalized spacial score (nSPS) is 22.8. The molecule has 10 nitrogen and oxygen atoms in total. The molecule has 31 heavy (non-hydrogen) atoms. The van der Waals surface area contributed by atoms with Gasteiger partial charge in [-0.15, -0.1) is 11.8 Å². The minimum absolute atomic E-state index is 0.273. The summed E-state index contributed by atoms with van der Waals surface area (Å²) in [4.78, 5) is 47.4. The van der Waals surface area contributed by atoms with Crippen LogP contribution < -0.4 is 4.74 Å². The molecular weight excluding hydrogens is 426 g/mol. The second kappa shape index (κ2) is 10.2. The summed E-state index contributed by atoms with van der Waals surface area (Å²) in [5.74, 6) is -0.606. The SMILES string of the molecule is CC(=O)O[C@@H]1[C@@H](OC(C)=O)[C@H](OC(C)=O)CS[C@H]1Oc1cncc(-c2ncccn2)c1. The predicted octanol–water partition coefficient (Wildman–Crippen LogP) is 1.79. The lowest BCUT2D eigenvalue weighted by Crippen LogP contribution is -2.55. The second-order valence-corrected chi connectivity index (χ2v) is 7.73. The molecule has 0 aliphatic carbocycles. The zero-order chi connectivity index (χ0) is 22.4. The van der Waals surface area contributed by atoms with Crippen molar-refractivity contribution in [3.63, 3.8) is 0 Å². The van der Waals surface area contributed by atoms with Gasteiger partial charge < -0.3 is 18.9 Å². The second-order valence-electron chi connectivity index (χ2n) is 6.60. The summed E-state index contributed by atoms with van der Waals surface area (Å²) in [6.45, 7) is 3.71. The van der Waals surface area contributed by atoms with Crippen molar-refractivity contribution >= 4 is 29.7 Å². The number of esters is 3. The minimum atomic E-state index is -1.02. The summed E-state index contributed by atoms with van der Waals surface area (Å²) in [6.07, 6.45) is 3.49. The van der Waals surface area contributed by atoms with Crippen LogP contribution in [0.15, 0.2) is 36.9 Å². The number of carbonyl (C=O) groups excluding carboxylic acids is 3. The summed E-state index contributed by atoms with van der Waals surface area (Å²) < 4.78 is 22.1. The molecule has 0 saturated carbocycles. The maximum Gasteiger partial charge on any atom is 0.303 e. The van der Waals surface area contributed by atoms with E-state index in [0.717, 1.165) is 0 Å². The van der Waals surface area contributed by atoms with Crippen LogP contribution in [-0.4, -0.2) is 62.4 Å². The van der Waals surface area contributed by atoms with Crippen LogP contribution in [0.2, 0.25) is 0 Å². The van der Waals surface area contributed by atoms with Gasteiger partial charge in [0.25, 0.3) is 0 Å². The van der Waals surface area contributed by atoms with E-state index in [9.17, 15) is 14.4 Å². The van der Waals surface area contributed by atoms with Crippen LogP contribution in [-0.2, 0) is 28.6 Å². The zero-order valence-corrected chi connectivity index (χ0v) is 17.9. The van der Waals surface area contributed by atoms with E-state index in [0.29, 0.717) is 17.1 Å². The van der Waals surface area contributed by atoms with Gasteiger partial charge in [0.05, 0.1) is 6.20 Å². The van der Waals surface area contributed by atoms with E-state index in [-0.39, 0.29) is 5.75 Å². The standard InChI is InChI=1S/C20H21N3O7S/c1-11(24)27-16-10-31-20(18(29-13(3)26)17(16)28-12(2)25)30-15-7-14(8-21-9-15)19-22-5-4-6-23-19/h4-9,16-18,20H,10H2,1-3H3/t16-,17+,18-,20-/m1/s1. The molecule has 2 aromatic rings. The van der Waals surface area contributed by atoms with Crippen molar-refractivity contribution in [2.45, 2.75) is 44.5 Å². The molecule has 3 heterocycles. The van der Waals surface area contributed by atoms with Gasteiger partial charge in [-0.1, -0.05) is 0 Å². The van der Waals surface area contributed by atoms with E-state index in [1.54, 1.807) is 30.7 Å². The van der Waals surface area contributed by atoms with E-state index in [4.69, 9.17) is 18.9 Å². The van der Waals surface area contributed by atoms with Crippen LogP contribution in [0.3, 0.4) is 0 Å². The van der Waals surface area contributed by atoms with Gasteiger partial charge in [0.15, 0.2) is 29.6 Å². The molecule has 164 valence electrons. The smallest absolute Gasteiger partial charge is 0.303 e. The Morgan fingerprint density at radius 3 is 2.23 bits per heavy atom. The van der Waals surface area contributed by atoms with Gasteiger partial charge in [-0.3, -0.25) is 19.4 Å². The number of nitrogens with zero attached hydrogens (tertiary/aromatic N) is 3. The summed E-state index contributed by atoms with van der Waals surface area (Å²) in [5.41, 5.74) is -0.105. The van der Waals surface area contributed by atoms with Crippen LogP contribution in [0, 0.1) is 0 Å². The summed E-state index contributed by atoms with van der Waals surface area (Å²) in [6, 6.07) is 3.40. The Balaban J connectivity index is 1.86. The lowest BCUT2D eigenvalue weighted by atomic mass is 10.1. The number of thioether (sulfide) groups is 1. The molecule has 1 fully saturated rings. The lowest BCUT2D eigenvalue weighted by molar-refractivity contribution is -0.186. The van der Waals surface area contributed by atoms with Gasteiger partial charge in [-0.2, -0.15) is 0 Å². The molecule has 1 aliphatic heterocycles. The number of hydrogen-bond acceptors (Lipinski definition) is 11. The van der Waals surface area contributed by atoms with Gasteiger partial charge >= 0.3 is 17.9 Å². The Bertz CT molecular complexity index is 943. The van der Waals surface area contributed by atoms with Crippen molar-refractivity contribution in [3.8, 4) is 17.1 Å². The molecule has 0 N–H and O–H groups in total. The van der Waals surface area contributed by atoms with Gasteiger partial charge in [-0.05, 0) is 12.1 Å². The third kappa shape index (κ3) is 6.14. The fourth-order valence-electron chi connectivity index (χ4n) is 3.00. The predicted molar refractivity (Wildman–Crippen MR) is 109 cm³/mol. The van der Waals surface area contributed by atoms with Crippen molar-refractivity contribution < 1.29 is 33.3 Å². The molecule has 4 atom stereocenters. The first-order valence-electron chi connectivity index (χ1n) is 9.36. The van der Waals surface area contributed by atoms with Crippen LogP contribution in [0.25, 0.3) is 11.4 Å². The molecule has 0 aromatic carbocycles. The van der Waals surface area contributed by atoms with E-state index in [1.165, 1.54) is 38.7 Å². The van der Waals surface area contributed by atoms with Crippen molar-refractivity contribution in [1.82, 2.24) is 15.0 Å². The molecule has 0 unspecified atom stereocenters. The number of aromatic nitrogens is 3. The number of rotatable bonds is 6. The molecule has 1 saturated heterocycles. The molecule has 0 amide bonds.